The average molecular weight is 165 g/mol. The summed E-state index contributed by atoms with van der Waals surface area (Å²) in [5.41, 5.74) is 0. The van der Waals surface area contributed by atoms with E-state index in [0.29, 0.717) is 0 Å². The van der Waals surface area contributed by atoms with E-state index in [1.165, 1.54) is 0 Å². The number of hydrogen-bond acceptors (Lipinski definition) is 1. The zero-order valence-corrected chi connectivity index (χ0v) is 8.04. The summed E-state index contributed by atoms with van der Waals surface area (Å²) in [5, 5.41) is 3.97. The van der Waals surface area contributed by atoms with Gasteiger partial charge in [-0.2, -0.15) is 20.0 Å². The van der Waals surface area contributed by atoms with Gasteiger partial charge in [-0.15, -0.1) is 0 Å². The third kappa shape index (κ3) is 58.0. The molecule has 0 aliphatic rings. The maximum absolute atomic E-state index is 8.25. The second kappa shape index (κ2) is 39.2. The minimum atomic E-state index is 0.750. The van der Waals surface area contributed by atoms with E-state index >= 15 is 0 Å². The van der Waals surface area contributed by atoms with E-state index in [4.69, 9.17) is 3.32 Å². The fraction of sp³-hybridized carbons (Fsp3) is 0.833. The molecule has 0 fully saturated rings. The number of nitrogens with zero attached hydrogens (tertiary/aromatic N) is 1. The zero-order valence-electron chi connectivity index (χ0n) is 6.48. The number of rotatable bonds is 2. The summed E-state index contributed by atoms with van der Waals surface area (Å²) >= 11 is 0.750. The van der Waals surface area contributed by atoms with Gasteiger partial charge in [0.1, 0.15) is 0 Å². The van der Waals surface area contributed by atoms with Gasteiger partial charge >= 0.3 is 23.7 Å². The van der Waals surface area contributed by atoms with Crippen LogP contribution in [0.4, 0.5) is 0 Å². The van der Waals surface area contributed by atoms with E-state index in [0.717, 1.165) is 33.5 Å². The molecular formula is C6H15NOTi. The molecule has 0 unspecified atom stereocenters. The predicted molar refractivity (Wildman–Crippen MR) is 36.2 cm³/mol. The fourth-order valence-corrected chi connectivity index (χ4v) is 0.224. The van der Waals surface area contributed by atoms with Crippen LogP contribution in [0.25, 0.3) is 5.32 Å². The first-order valence-corrected chi connectivity index (χ1v) is 3.60. The Morgan fingerprint density at radius 3 is 1.44 bits per heavy atom. The van der Waals surface area contributed by atoms with E-state index in [2.05, 4.69) is 12.2 Å². The molecule has 9 heavy (non-hydrogen) atoms. The molecule has 0 N–H and O–H groups in total. The van der Waals surface area contributed by atoms with Crippen molar-refractivity contribution in [1.82, 2.24) is 0 Å². The standard InChI is InChI=1S/C4H10N.C2H5.O.Ti/c1-3-5-4-2;1-2;;/h3-4H2,1-2H3;1H2,2H3;;/q2*-1;;+2. The molecule has 0 atom stereocenters. The summed E-state index contributed by atoms with van der Waals surface area (Å²) in [6.45, 7) is 11.0. The van der Waals surface area contributed by atoms with Crippen LogP contribution in [0, 0.1) is 6.92 Å². The van der Waals surface area contributed by atoms with Crippen LogP contribution < -0.4 is 0 Å². The van der Waals surface area contributed by atoms with Crippen molar-refractivity contribution < 1.29 is 23.7 Å². The second-order valence-corrected chi connectivity index (χ2v) is 0.856. The molecule has 54 valence electrons. The normalized spacial score (nSPS) is 6.00. The third-order valence-corrected chi connectivity index (χ3v) is 0.447. The Labute approximate surface area is 70.1 Å². The van der Waals surface area contributed by atoms with Gasteiger partial charge in [-0.25, -0.2) is 0 Å². The molecule has 0 aliphatic carbocycles. The van der Waals surface area contributed by atoms with E-state index in [1.807, 2.05) is 13.8 Å². The molecule has 2 nitrogen and oxygen atoms in total. The second-order valence-electron chi connectivity index (χ2n) is 0.856. The van der Waals surface area contributed by atoms with Gasteiger partial charge in [0.15, 0.2) is 0 Å². The van der Waals surface area contributed by atoms with Gasteiger partial charge in [0.25, 0.3) is 0 Å². The van der Waals surface area contributed by atoms with Crippen LogP contribution in [0.5, 0.6) is 0 Å². The van der Waals surface area contributed by atoms with E-state index in [1.54, 1.807) is 6.92 Å². The van der Waals surface area contributed by atoms with Gasteiger partial charge in [-0.05, 0) is 0 Å². The van der Waals surface area contributed by atoms with Crippen LogP contribution in [0.1, 0.15) is 20.8 Å². The Morgan fingerprint density at radius 1 is 1.22 bits per heavy atom. The van der Waals surface area contributed by atoms with Crippen LogP contribution in [0.15, 0.2) is 0 Å². The van der Waals surface area contributed by atoms with Crippen molar-refractivity contribution in [2.45, 2.75) is 20.8 Å². The van der Waals surface area contributed by atoms with Crippen molar-refractivity contribution in [3.8, 4) is 0 Å². The van der Waals surface area contributed by atoms with E-state index < -0.39 is 0 Å². The molecule has 0 aromatic heterocycles. The predicted octanol–water partition coefficient (Wildman–Crippen LogP) is 2.12. The zero-order chi connectivity index (χ0) is 8.12. The van der Waals surface area contributed by atoms with Crippen LogP contribution in [-0.2, 0) is 23.7 Å². The molecule has 0 heterocycles. The Kier molecular flexibility index (Phi) is 70.7. The molecular weight excluding hydrogens is 150 g/mol. The first kappa shape index (κ1) is 16.2. The van der Waals surface area contributed by atoms with Gasteiger partial charge in [0, 0.05) is 0 Å². The molecule has 0 amide bonds. The molecule has 0 saturated carbocycles. The SMILES string of the molecule is CC[N-]CC.[CH2-]C.[O]=[Ti+2]. The van der Waals surface area contributed by atoms with Crippen molar-refractivity contribution in [3.05, 3.63) is 12.2 Å². The fourth-order valence-electron chi connectivity index (χ4n) is 0.224. The van der Waals surface area contributed by atoms with Crippen LogP contribution >= 0.6 is 0 Å². The maximum atomic E-state index is 8.25. The Hall–Kier alpha value is 0.474. The van der Waals surface area contributed by atoms with Crippen molar-refractivity contribution in [3.63, 3.8) is 0 Å². The minimum absolute atomic E-state index is 0.750. The molecule has 0 aliphatic heterocycles. The van der Waals surface area contributed by atoms with Gasteiger partial charge < -0.3 is 12.2 Å². The van der Waals surface area contributed by atoms with Crippen molar-refractivity contribution in [2.24, 2.45) is 0 Å². The van der Waals surface area contributed by atoms with E-state index in [9.17, 15) is 0 Å². The summed E-state index contributed by atoms with van der Waals surface area (Å²) in [6, 6.07) is 0. The Morgan fingerprint density at radius 2 is 1.44 bits per heavy atom. The van der Waals surface area contributed by atoms with E-state index in [-0.39, 0.29) is 0 Å². The van der Waals surface area contributed by atoms with Gasteiger partial charge in [-0.3, -0.25) is 0 Å². The summed E-state index contributed by atoms with van der Waals surface area (Å²) in [4.78, 5) is 0. The topological polar surface area (TPSA) is 31.2 Å². The molecule has 0 rings (SSSR count). The first-order chi connectivity index (χ1) is 4.41. The van der Waals surface area contributed by atoms with Gasteiger partial charge in [0.2, 0.25) is 0 Å². The monoisotopic (exact) mass is 165 g/mol. The molecule has 0 saturated heterocycles. The Balaban J connectivity index is -0.0000000771. The molecule has 3 heteroatoms. The van der Waals surface area contributed by atoms with Crippen molar-refractivity contribution >= 4 is 0 Å². The van der Waals surface area contributed by atoms with Crippen LogP contribution in [0.2, 0.25) is 0 Å². The van der Waals surface area contributed by atoms with Gasteiger partial charge in [0.05, 0.1) is 0 Å². The summed E-state index contributed by atoms with van der Waals surface area (Å²) in [5.74, 6) is 0. The number of hydrogen-bond donors (Lipinski definition) is 0. The average Bonchev–Trinajstić information content (AvgIpc) is 1.98. The summed E-state index contributed by atoms with van der Waals surface area (Å²) < 4.78 is 8.25. The van der Waals surface area contributed by atoms with Gasteiger partial charge in [-0.1, -0.05) is 13.8 Å². The summed E-state index contributed by atoms with van der Waals surface area (Å²) in [7, 11) is 0. The van der Waals surface area contributed by atoms with Crippen molar-refractivity contribution in [2.75, 3.05) is 13.1 Å². The molecule has 0 aromatic rings. The van der Waals surface area contributed by atoms with Crippen LogP contribution in [-0.4, -0.2) is 13.1 Å². The summed E-state index contributed by atoms with van der Waals surface area (Å²) in [6.07, 6.45) is 0. The molecule has 0 aromatic carbocycles. The Bertz CT molecular complexity index is 27.0. The van der Waals surface area contributed by atoms with Crippen LogP contribution in [0.3, 0.4) is 0 Å². The quantitative estimate of drug-likeness (QED) is 0.455. The molecule has 0 radical (unpaired) electrons. The van der Waals surface area contributed by atoms with Crippen molar-refractivity contribution in [1.29, 1.82) is 0 Å². The third-order valence-electron chi connectivity index (χ3n) is 0.447. The first-order valence-electron chi connectivity index (χ1n) is 2.96. The molecule has 0 spiro atoms. The molecule has 0 bridgehead atoms.